The van der Waals surface area contributed by atoms with Gasteiger partial charge in [0.1, 0.15) is 0 Å². The molecule has 5 nitrogen and oxygen atoms in total. The molecule has 0 aliphatic rings. The molecule has 118 valence electrons. The summed E-state index contributed by atoms with van der Waals surface area (Å²) in [6.45, 7) is 2.01. The highest BCUT2D eigenvalue weighted by Gasteiger charge is 2.08. The van der Waals surface area contributed by atoms with Crippen molar-refractivity contribution in [3.05, 3.63) is 58.2 Å². The minimum Gasteiger partial charge on any atom is -0.305 e. The molecule has 23 heavy (non-hydrogen) atoms. The summed E-state index contributed by atoms with van der Waals surface area (Å²) in [5.74, 6) is 1.23. The van der Waals surface area contributed by atoms with E-state index in [9.17, 15) is 4.79 Å². The maximum Gasteiger partial charge on any atom is 0.256 e. The van der Waals surface area contributed by atoms with Crippen molar-refractivity contribution in [1.29, 1.82) is 0 Å². The number of nitrogens with zero attached hydrogens (tertiary/aromatic N) is 3. The molecule has 0 aliphatic heterocycles. The number of carbonyl (C=O) groups is 1. The van der Waals surface area contributed by atoms with Crippen molar-refractivity contribution in [2.75, 3.05) is 5.32 Å². The summed E-state index contributed by atoms with van der Waals surface area (Å²) in [6, 6.07) is 9.33. The van der Waals surface area contributed by atoms with Gasteiger partial charge in [-0.1, -0.05) is 0 Å². The fourth-order valence-corrected chi connectivity index (χ4v) is 3.51. The quantitative estimate of drug-likeness (QED) is 0.717. The Morgan fingerprint density at radius 3 is 2.70 bits per heavy atom. The maximum absolute atomic E-state index is 12.1. The van der Waals surface area contributed by atoms with Crippen LogP contribution in [0.2, 0.25) is 0 Å². The van der Waals surface area contributed by atoms with Crippen molar-refractivity contribution in [2.24, 2.45) is 7.05 Å². The molecule has 3 aromatic rings. The van der Waals surface area contributed by atoms with Crippen LogP contribution in [0.3, 0.4) is 0 Å². The molecule has 7 heteroatoms. The van der Waals surface area contributed by atoms with Gasteiger partial charge in [-0.05, 0) is 31.2 Å². The molecule has 2 aromatic heterocycles. The van der Waals surface area contributed by atoms with E-state index in [4.69, 9.17) is 0 Å². The fraction of sp³-hybridized carbons (Fsp3) is 0.188. The summed E-state index contributed by atoms with van der Waals surface area (Å²) in [4.78, 5) is 17.7. The molecule has 0 aliphatic carbocycles. The number of rotatable bonds is 5. The SMILES string of the molecule is Cc1nc(CSc2ccc(C(=O)Nc3ccn(C)n3)cc2)cs1. The van der Waals surface area contributed by atoms with Crippen molar-refractivity contribution in [3.8, 4) is 0 Å². The predicted octanol–water partition coefficient (Wildman–Crippen LogP) is 3.73. The smallest absolute Gasteiger partial charge is 0.256 e. The zero-order chi connectivity index (χ0) is 16.2. The Kier molecular flexibility index (Phi) is 4.78. The van der Waals surface area contributed by atoms with Gasteiger partial charge >= 0.3 is 0 Å². The third kappa shape index (κ3) is 4.20. The molecule has 0 saturated carbocycles. The molecule has 1 amide bonds. The average molecular weight is 344 g/mol. The van der Waals surface area contributed by atoms with Gasteiger partial charge in [-0.15, -0.1) is 23.1 Å². The summed E-state index contributed by atoms with van der Waals surface area (Å²) >= 11 is 3.37. The van der Waals surface area contributed by atoms with Crippen molar-refractivity contribution in [1.82, 2.24) is 14.8 Å². The van der Waals surface area contributed by atoms with Crippen LogP contribution in [0.25, 0.3) is 0 Å². The standard InChI is InChI=1S/C16H16N4OS2/c1-11-17-13(9-22-11)10-23-14-5-3-12(4-6-14)16(21)18-15-7-8-20(2)19-15/h3-9H,10H2,1-2H3,(H,18,19,21). The van der Waals surface area contributed by atoms with Gasteiger partial charge in [0, 0.05) is 40.9 Å². The lowest BCUT2D eigenvalue weighted by Crippen LogP contribution is -2.12. The molecule has 0 bridgehead atoms. The number of aromatic nitrogens is 3. The molecule has 1 aromatic carbocycles. The maximum atomic E-state index is 12.1. The van der Waals surface area contributed by atoms with E-state index < -0.39 is 0 Å². The Balaban J connectivity index is 1.58. The number of anilines is 1. The van der Waals surface area contributed by atoms with Crippen molar-refractivity contribution in [3.63, 3.8) is 0 Å². The van der Waals surface area contributed by atoms with Crippen LogP contribution in [0.1, 0.15) is 21.1 Å². The molecule has 0 radical (unpaired) electrons. The van der Waals surface area contributed by atoms with Crippen LogP contribution in [0, 0.1) is 6.92 Å². The van der Waals surface area contributed by atoms with Gasteiger partial charge in [0.15, 0.2) is 5.82 Å². The lowest BCUT2D eigenvalue weighted by molar-refractivity contribution is 0.102. The van der Waals surface area contributed by atoms with E-state index in [1.165, 1.54) is 0 Å². The number of hydrogen-bond donors (Lipinski definition) is 1. The number of thioether (sulfide) groups is 1. The van der Waals surface area contributed by atoms with Crippen LogP contribution in [0.15, 0.2) is 46.8 Å². The first kappa shape index (κ1) is 15.8. The Morgan fingerprint density at radius 1 is 1.30 bits per heavy atom. The van der Waals surface area contributed by atoms with E-state index in [0.29, 0.717) is 11.4 Å². The van der Waals surface area contributed by atoms with E-state index in [1.54, 1.807) is 40.0 Å². The van der Waals surface area contributed by atoms with Gasteiger partial charge in [-0.2, -0.15) is 5.10 Å². The van der Waals surface area contributed by atoms with Gasteiger partial charge in [-0.3, -0.25) is 9.48 Å². The van der Waals surface area contributed by atoms with Crippen LogP contribution >= 0.6 is 23.1 Å². The zero-order valence-corrected chi connectivity index (χ0v) is 14.4. The number of aryl methyl sites for hydroxylation is 2. The normalized spacial score (nSPS) is 10.7. The first-order valence-corrected chi connectivity index (χ1v) is 8.91. The van der Waals surface area contributed by atoms with Crippen LogP contribution in [-0.4, -0.2) is 20.7 Å². The fourth-order valence-electron chi connectivity index (χ4n) is 2.00. The highest BCUT2D eigenvalue weighted by atomic mass is 32.2. The summed E-state index contributed by atoms with van der Waals surface area (Å²) in [7, 11) is 1.81. The van der Waals surface area contributed by atoms with Crippen LogP contribution < -0.4 is 5.32 Å². The molecular formula is C16H16N4OS2. The molecule has 0 unspecified atom stereocenters. The lowest BCUT2D eigenvalue weighted by Gasteiger charge is -2.04. The highest BCUT2D eigenvalue weighted by molar-refractivity contribution is 7.98. The number of nitrogens with one attached hydrogen (secondary N) is 1. The van der Waals surface area contributed by atoms with E-state index in [2.05, 4.69) is 20.8 Å². The summed E-state index contributed by atoms with van der Waals surface area (Å²) in [5, 5.41) is 10.1. The van der Waals surface area contributed by atoms with E-state index >= 15 is 0 Å². The third-order valence-electron chi connectivity index (χ3n) is 3.13. The monoisotopic (exact) mass is 344 g/mol. The minimum atomic E-state index is -0.157. The van der Waals surface area contributed by atoms with Gasteiger partial charge in [0.25, 0.3) is 5.91 Å². The van der Waals surface area contributed by atoms with Crippen LogP contribution in [0.4, 0.5) is 5.82 Å². The Bertz CT molecular complexity index is 808. The first-order valence-electron chi connectivity index (χ1n) is 7.05. The molecule has 2 heterocycles. The summed E-state index contributed by atoms with van der Waals surface area (Å²) < 4.78 is 1.65. The van der Waals surface area contributed by atoms with E-state index in [-0.39, 0.29) is 5.91 Å². The van der Waals surface area contributed by atoms with Crippen molar-refractivity contribution >= 4 is 34.8 Å². The molecule has 0 fully saturated rings. The second-order valence-corrected chi connectivity index (χ2v) is 7.11. The molecule has 0 atom stereocenters. The lowest BCUT2D eigenvalue weighted by atomic mass is 10.2. The number of hydrogen-bond acceptors (Lipinski definition) is 5. The molecule has 3 rings (SSSR count). The number of thiazole rings is 1. The summed E-state index contributed by atoms with van der Waals surface area (Å²) in [6.07, 6.45) is 1.79. The van der Waals surface area contributed by atoms with E-state index in [1.807, 2.05) is 38.2 Å². The molecule has 0 spiro atoms. The van der Waals surface area contributed by atoms with Gasteiger partial charge in [0.2, 0.25) is 0 Å². The average Bonchev–Trinajstić information content (AvgIpc) is 3.14. The third-order valence-corrected chi connectivity index (χ3v) is 4.99. The second-order valence-electron chi connectivity index (χ2n) is 5.00. The van der Waals surface area contributed by atoms with Gasteiger partial charge < -0.3 is 5.32 Å². The topological polar surface area (TPSA) is 59.8 Å². The minimum absolute atomic E-state index is 0.157. The zero-order valence-electron chi connectivity index (χ0n) is 12.8. The molecule has 0 saturated heterocycles. The predicted molar refractivity (Wildman–Crippen MR) is 94.0 cm³/mol. The Morgan fingerprint density at radius 2 is 2.09 bits per heavy atom. The molecular weight excluding hydrogens is 328 g/mol. The first-order chi connectivity index (χ1) is 11.1. The van der Waals surface area contributed by atoms with Crippen molar-refractivity contribution < 1.29 is 4.79 Å². The molecule has 1 N–H and O–H groups in total. The van der Waals surface area contributed by atoms with Gasteiger partial charge in [-0.25, -0.2) is 4.98 Å². The highest BCUT2D eigenvalue weighted by Crippen LogP contribution is 2.24. The van der Waals surface area contributed by atoms with Crippen LogP contribution in [0.5, 0.6) is 0 Å². The summed E-state index contributed by atoms with van der Waals surface area (Å²) in [5.41, 5.74) is 1.71. The Labute approximate surface area is 142 Å². The van der Waals surface area contributed by atoms with Gasteiger partial charge in [0.05, 0.1) is 10.7 Å². The number of amides is 1. The number of benzene rings is 1. The van der Waals surface area contributed by atoms with Crippen LogP contribution in [-0.2, 0) is 12.8 Å². The van der Waals surface area contributed by atoms with E-state index in [0.717, 1.165) is 21.3 Å². The van der Waals surface area contributed by atoms with Crippen molar-refractivity contribution in [2.45, 2.75) is 17.6 Å². The largest absolute Gasteiger partial charge is 0.305 e. The number of carbonyl (C=O) groups excluding carboxylic acids is 1. The Hall–Kier alpha value is -2.12. The second kappa shape index (κ2) is 6.97.